The number of esters is 1. The molecule has 0 saturated carbocycles. The summed E-state index contributed by atoms with van der Waals surface area (Å²) in [5, 5.41) is 5.19. The third-order valence-electron chi connectivity index (χ3n) is 2.28. The van der Waals surface area contributed by atoms with Gasteiger partial charge in [-0.1, -0.05) is 26.8 Å². The van der Waals surface area contributed by atoms with Crippen LogP contribution < -0.4 is 5.32 Å². The smallest absolute Gasteiger partial charge is 0.358 e. The monoisotopic (exact) mass is 282 g/mol. The average molecular weight is 282 g/mol. The number of ketones is 1. The highest BCUT2D eigenvalue weighted by molar-refractivity contribution is 7.13. The van der Waals surface area contributed by atoms with E-state index in [1.807, 2.05) is 0 Å². The molecular weight excluding hydrogens is 264 g/mol. The van der Waals surface area contributed by atoms with Crippen LogP contribution in [-0.2, 0) is 9.53 Å². The molecule has 0 aliphatic heterocycles. The maximum absolute atomic E-state index is 11.7. The Kier molecular flexibility index (Phi) is 5.23. The van der Waals surface area contributed by atoms with E-state index in [9.17, 15) is 9.59 Å². The van der Waals surface area contributed by atoms with Crippen LogP contribution in [0.1, 0.15) is 31.3 Å². The van der Waals surface area contributed by atoms with Gasteiger partial charge in [-0.3, -0.25) is 4.79 Å². The lowest BCUT2D eigenvalue weighted by molar-refractivity contribution is -0.129. The lowest BCUT2D eigenvalue weighted by atomic mass is 9.91. The van der Waals surface area contributed by atoms with Crippen molar-refractivity contribution in [3.8, 4) is 0 Å². The Bertz CT molecular complexity index is 474. The second-order valence-electron chi connectivity index (χ2n) is 4.96. The van der Waals surface area contributed by atoms with Crippen LogP contribution in [0.25, 0.3) is 0 Å². The molecule has 0 unspecified atom stereocenters. The zero-order valence-electron chi connectivity index (χ0n) is 11.4. The van der Waals surface area contributed by atoms with Crippen molar-refractivity contribution in [2.24, 2.45) is 5.41 Å². The molecule has 6 heteroatoms. The summed E-state index contributed by atoms with van der Waals surface area (Å²) in [5.74, 6) is -0.707. The van der Waals surface area contributed by atoms with Crippen molar-refractivity contribution < 1.29 is 14.3 Å². The highest BCUT2D eigenvalue weighted by atomic mass is 32.1. The van der Waals surface area contributed by atoms with Gasteiger partial charge in [0, 0.05) is 17.3 Å². The first-order valence-corrected chi connectivity index (χ1v) is 6.73. The van der Waals surface area contributed by atoms with Gasteiger partial charge in [0.2, 0.25) is 0 Å². The number of rotatable bonds is 6. The highest BCUT2D eigenvalue weighted by Crippen LogP contribution is 2.17. The van der Waals surface area contributed by atoms with Gasteiger partial charge >= 0.3 is 5.97 Å². The number of hydrogen-bond donors (Lipinski definition) is 1. The van der Waals surface area contributed by atoms with Gasteiger partial charge in [-0.2, -0.15) is 0 Å². The number of nitrogens with zero attached hydrogens (tertiary/aromatic N) is 1. The van der Waals surface area contributed by atoms with Crippen molar-refractivity contribution in [1.82, 2.24) is 4.98 Å². The second kappa shape index (κ2) is 6.47. The molecule has 0 atom stereocenters. The van der Waals surface area contributed by atoms with E-state index in [2.05, 4.69) is 16.9 Å². The highest BCUT2D eigenvalue weighted by Gasteiger charge is 2.23. The SMILES string of the molecule is C=CCNc1nc(C(=O)OCC(=O)C(C)(C)C)cs1. The lowest BCUT2D eigenvalue weighted by Crippen LogP contribution is -2.26. The minimum atomic E-state index is -0.583. The van der Waals surface area contributed by atoms with Crippen molar-refractivity contribution in [2.45, 2.75) is 20.8 Å². The van der Waals surface area contributed by atoms with Gasteiger partial charge in [-0.05, 0) is 0 Å². The predicted molar refractivity (Wildman–Crippen MR) is 75.5 cm³/mol. The van der Waals surface area contributed by atoms with Crippen LogP contribution in [0.5, 0.6) is 0 Å². The molecule has 0 amide bonds. The van der Waals surface area contributed by atoms with E-state index in [0.717, 1.165) is 0 Å². The molecule has 0 spiro atoms. The Hall–Kier alpha value is -1.69. The maximum Gasteiger partial charge on any atom is 0.358 e. The number of carbonyl (C=O) groups excluding carboxylic acids is 2. The third-order valence-corrected chi connectivity index (χ3v) is 3.08. The lowest BCUT2D eigenvalue weighted by Gasteiger charge is -2.15. The van der Waals surface area contributed by atoms with Crippen molar-refractivity contribution >= 4 is 28.2 Å². The molecule has 0 bridgehead atoms. The van der Waals surface area contributed by atoms with Gasteiger partial charge in [0.1, 0.15) is 0 Å². The first kappa shape index (κ1) is 15.4. The maximum atomic E-state index is 11.7. The molecule has 0 aromatic carbocycles. The molecule has 1 aromatic heterocycles. The van der Waals surface area contributed by atoms with Gasteiger partial charge < -0.3 is 10.1 Å². The fourth-order valence-corrected chi connectivity index (χ4v) is 1.72. The average Bonchev–Trinajstić information content (AvgIpc) is 2.80. The van der Waals surface area contributed by atoms with Crippen LogP contribution in [0, 0.1) is 5.41 Å². The Morgan fingerprint density at radius 2 is 2.21 bits per heavy atom. The number of aromatic nitrogens is 1. The molecule has 1 heterocycles. The zero-order chi connectivity index (χ0) is 14.5. The van der Waals surface area contributed by atoms with E-state index >= 15 is 0 Å². The molecule has 5 nitrogen and oxygen atoms in total. The van der Waals surface area contributed by atoms with E-state index in [4.69, 9.17) is 4.74 Å². The summed E-state index contributed by atoms with van der Waals surface area (Å²) in [6, 6.07) is 0. The van der Waals surface area contributed by atoms with E-state index in [1.54, 1.807) is 32.2 Å². The van der Waals surface area contributed by atoms with E-state index in [0.29, 0.717) is 11.7 Å². The number of ether oxygens (including phenoxy) is 1. The number of anilines is 1. The summed E-state index contributed by atoms with van der Waals surface area (Å²) < 4.78 is 4.94. The Balaban J connectivity index is 2.52. The Labute approximate surface area is 116 Å². The minimum Gasteiger partial charge on any atom is -0.453 e. The van der Waals surface area contributed by atoms with E-state index in [1.165, 1.54) is 11.3 Å². The molecule has 0 aliphatic rings. The number of Topliss-reactive ketones (excluding diaryl/α,β-unsaturated/α-hetero) is 1. The minimum absolute atomic E-state index is 0.124. The molecule has 1 aromatic rings. The van der Waals surface area contributed by atoms with Gasteiger partial charge in [0.05, 0.1) is 0 Å². The topological polar surface area (TPSA) is 68.3 Å². The quantitative estimate of drug-likeness (QED) is 0.641. The molecule has 0 saturated heterocycles. The van der Waals surface area contributed by atoms with Crippen LogP contribution in [-0.4, -0.2) is 29.9 Å². The molecule has 0 fully saturated rings. The summed E-state index contributed by atoms with van der Waals surface area (Å²) >= 11 is 1.30. The summed E-state index contributed by atoms with van der Waals surface area (Å²) in [6.45, 7) is 9.26. The van der Waals surface area contributed by atoms with E-state index in [-0.39, 0.29) is 18.1 Å². The van der Waals surface area contributed by atoms with Crippen LogP contribution in [0.2, 0.25) is 0 Å². The molecule has 1 rings (SSSR count). The number of hydrogen-bond acceptors (Lipinski definition) is 6. The van der Waals surface area contributed by atoms with Crippen molar-refractivity contribution in [1.29, 1.82) is 0 Å². The van der Waals surface area contributed by atoms with Crippen LogP contribution in [0.15, 0.2) is 18.0 Å². The van der Waals surface area contributed by atoms with Crippen molar-refractivity contribution in [3.63, 3.8) is 0 Å². The molecule has 19 heavy (non-hydrogen) atoms. The van der Waals surface area contributed by atoms with Crippen LogP contribution in [0.3, 0.4) is 0 Å². The third kappa shape index (κ3) is 4.82. The van der Waals surface area contributed by atoms with E-state index < -0.39 is 11.4 Å². The van der Waals surface area contributed by atoms with Gasteiger partial charge in [-0.25, -0.2) is 9.78 Å². The Morgan fingerprint density at radius 3 is 2.79 bits per heavy atom. The first-order chi connectivity index (χ1) is 8.84. The van der Waals surface area contributed by atoms with Gasteiger partial charge in [0.25, 0.3) is 0 Å². The largest absolute Gasteiger partial charge is 0.453 e. The molecule has 104 valence electrons. The fourth-order valence-electron chi connectivity index (χ4n) is 1.03. The summed E-state index contributed by atoms with van der Waals surface area (Å²) in [5.41, 5.74) is -0.308. The molecule has 0 aliphatic carbocycles. The summed E-state index contributed by atoms with van der Waals surface area (Å²) in [6.07, 6.45) is 1.70. The molecule has 1 N–H and O–H groups in total. The second-order valence-corrected chi connectivity index (χ2v) is 5.81. The zero-order valence-corrected chi connectivity index (χ0v) is 12.2. The predicted octanol–water partition coefficient (Wildman–Crippen LogP) is 2.51. The normalized spacial score (nSPS) is 10.9. The number of thiazole rings is 1. The molecule has 0 radical (unpaired) electrons. The summed E-state index contributed by atoms with van der Waals surface area (Å²) in [7, 11) is 0. The van der Waals surface area contributed by atoms with Gasteiger partial charge in [0.15, 0.2) is 23.2 Å². The van der Waals surface area contributed by atoms with Crippen molar-refractivity contribution in [3.05, 3.63) is 23.7 Å². The number of nitrogens with one attached hydrogen (secondary N) is 1. The number of carbonyl (C=O) groups is 2. The fraction of sp³-hybridized carbons (Fsp3) is 0.462. The van der Waals surface area contributed by atoms with Crippen LogP contribution >= 0.6 is 11.3 Å². The van der Waals surface area contributed by atoms with Crippen LogP contribution in [0.4, 0.5) is 5.13 Å². The summed E-state index contributed by atoms with van der Waals surface area (Å²) in [4.78, 5) is 27.4. The van der Waals surface area contributed by atoms with Gasteiger partial charge in [-0.15, -0.1) is 17.9 Å². The standard InChI is InChI=1S/C13H18N2O3S/c1-5-6-14-12-15-9(8-19-12)11(17)18-7-10(16)13(2,3)4/h5,8H,1,6-7H2,2-4H3,(H,14,15). The Morgan fingerprint density at radius 1 is 1.53 bits per heavy atom. The first-order valence-electron chi connectivity index (χ1n) is 5.85. The molecular formula is C13H18N2O3S. The van der Waals surface area contributed by atoms with Crippen molar-refractivity contribution in [2.75, 3.05) is 18.5 Å².